The number of likely N-dealkylation sites (N-methyl/N-ethyl adjacent to an activating group) is 1. The second kappa shape index (κ2) is 5.51. The van der Waals surface area contributed by atoms with Crippen LogP contribution in [0.25, 0.3) is 0 Å². The maximum atomic E-state index is 13.8. The summed E-state index contributed by atoms with van der Waals surface area (Å²) in [6, 6.07) is 1.76. The van der Waals surface area contributed by atoms with Crippen molar-refractivity contribution in [3.8, 4) is 0 Å². The molecule has 1 aliphatic rings. The highest BCUT2D eigenvalue weighted by Gasteiger charge is 2.39. The molecule has 0 amide bonds. The third kappa shape index (κ3) is 2.88. The van der Waals surface area contributed by atoms with Gasteiger partial charge in [0, 0.05) is 24.8 Å². The summed E-state index contributed by atoms with van der Waals surface area (Å²) in [7, 11) is -0.384. The third-order valence-corrected chi connectivity index (χ3v) is 5.67. The Morgan fingerprint density at radius 2 is 1.90 bits per heavy atom. The van der Waals surface area contributed by atoms with Gasteiger partial charge in [0.2, 0.25) is 10.0 Å². The molecule has 0 spiro atoms. The molecule has 21 heavy (non-hydrogen) atoms. The molecular weight excluding hydrogens is 300 g/mol. The Morgan fingerprint density at radius 1 is 1.29 bits per heavy atom. The minimum atomic E-state index is -4.10. The summed E-state index contributed by atoms with van der Waals surface area (Å²) < 4.78 is 53.4. The molecule has 1 saturated heterocycles. The summed E-state index contributed by atoms with van der Waals surface area (Å²) >= 11 is 0. The highest BCUT2D eigenvalue weighted by molar-refractivity contribution is 7.89. The normalized spacial score (nSPS) is 23.9. The Balaban J connectivity index is 2.41. The Morgan fingerprint density at radius 3 is 2.43 bits per heavy atom. The van der Waals surface area contributed by atoms with Crippen molar-refractivity contribution in [3.05, 3.63) is 23.8 Å². The number of halogens is 2. The number of nitrogens with two attached hydrogens (primary N) is 1. The third-order valence-electron chi connectivity index (χ3n) is 3.84. The first kappa shape index (κ1) is 16.1. The zero-order chi connectivity index (χ0) is 15.9. The Hall–Kier alpha value is -1.25. The molecule has 2 N–H and O–H groups in total. The lowest BCUT2D eigenvalue weighted by Gasteiger charge is -2.22. The van der Waals surface area contributed by atoms with E-state index in [0.717, 1.165) is 12.1 Å². The van der Waals surface area contributed by atoms with Gasteiger partial charge in [0.05, 0.1) is 0 Å². The predicted molar refractivity (Wildman–Crippen MR) is 76.2 cm³/mol. The molecule has 0 aromatic heterocycles. The van der Waals surface area contributed by atoms with Gasteiger partial charge in [-0.25, -0.2) is 17.2 Å². The zero-order valence-corrected chi connectivity index (χ0v) is 13.0. The van der Waals surface area contributed by atoms with Gasteiger partial charge in [-0.3, -0.25) is 0 Å². The van der Waals surface area contributed by atoms with Gasteiger partial charge < -0.3 is 10.6 Å². The van der Waals surface area contributed by atoms with Crippen molar-refractivity contribution in [3.63, 3.8) is 0 Å². The smallest absolute Gasteiger partial charge is 0.246 e. The Bertz CT molecular complexity index is 649. The highest BCUT2D eigenvalue weighted by Crippen LogP contribution is 2.29. The standard InChI is InChI=1S/C13H19F2N3O2S/c1-8-6-18(7-11(8)17(2)3)21(19,20)12-5-9(16)4-10(14)13(12)15/h4-5,8,11H,6-7,16H2,1-3H3. The fraction of sp³-hybridized carbons (Fsp3) is 0.538. The molecule has 118 valence electrons. The lowest BCUT2D eigenvalue weighted by atomic mass is 10.1. The maximum absolute atomic E-state index is 13.8. The minimum absolute atomic E-state index is 0.0359. The topological polar surface area (TPSA) is 66.6 Å². The molecule has 8 heteroatoms. The second-order valence-corrected chi connectivity index (χ2v) is 7.55. The maximum Gasteiger partial charge on any atom is 0.246 e. The summed E-state index contributed by atoms with van der Waals surface area (Å²) in [6.45, 7) is 2.43. The lowest BCUT2D eigenvalue weighted by molar-refractivity contribution is 0.263. The number of hydrogen-bond donors (Lipinski definition) is 1. The van der Waals surface area contributed by atoms with Gasteiger partial charge >= 0.3 is 0 Å². The van der Waals surface area contributed by atoms with Gasteiger partial charge in [-0.15, -0.1) is 0 Å². The van der Waals surface area contributed by atoms with Gasteiger partial charge in [-0.05, 0) is 32.1 Å². The SMILES string of the molecule is CC1CN(S(=O)(=O)c2cc(N)cc(F)c2F)CC1N(C)C. The number of benzene rings is 1. The van der Waals surface area contributed by atoms with Crippen LogP contribution in [-0.4, -0.2) is 50.8 Å². The summed E-state index contributed by atoms with van der Waals surface area (Å²) in [5, 5.41) is 0. The van der Waals surface area contributed by atoms with E-state index in [1.807, 2.05) is 25.9 Å². The van der Waals surface area contributed by atoms with E-state index in [4.69, 9.17) is 5.73 Å². The van der Waals surface area contributed by atoms with Crippen LogP contribution in [-0.2, 0) is 10.0 Å². The van der Waals surface area contributed by atoms with E-state index in [-0.39, 0.29) is 30.7 Å². The fourth-order valence-corrected chi connectivity index (χ4v) is 4.35. The molecule has 1 fully saturated rings. The molecule has 1 aliphatic heterocycles. The Labute approximate surface area is 123 Å². The zero-order valence-electron chi connectivity index (χ0n) is 12.2. The fourth-order valence-electron chi connectivity index (χ4n) is 2.69. The average Bonchev–Trinajstić information content (AvgIpc) is 2.76. The molecule has 1 heterocycles. The summed E-state index contributed by atoms with van der Waals surface area (Å²) in [5.74, 6) is -2.54. The van der Waals surface area contributed by atoms with Crippen LogP contribution in [0.15, 0.2) is 17.0 Å². The molecule has 1 aromatic rings. The van der Waals surface area contributed by atoms with E-state index in [9.17, 15) is 17.2 Å². The first-order valence-electron chi connectivity index (χ1n) is 6.55. The van der Waals surface area contributed by atoms with Gasteiger partial charge in [0.15, 0.2) is 11.6 Å². The van der Waals surface area contributed by atoms with E-state index in [1.165, 1.54) is 4.31 Å². The van der Waals surface area contributed by atoms with E-state index in [1.54, 1.807) is 0 Å². The van der Waals surface area contributed by atoms with Crippen molar-refractivity contribution in [1.29, 1.82) is 0 Å². The van der Waals surface area contributed by atoms with Crippen LogP contribution in [0, 0.1) is 17.6 Å². The summed E-state index contributed by atoms with van der Waals surface area (Å²) in [6.07, 6.45) is 0. The van der Waals surface area contributed by atoms with Crippen LogP contribution < -0.4 is 5.73 Å². The van der Waals surface area contributed by atoms with Crippen LogP contribution >= 0.6 is 0 Å². The molecule has 0 radical (unpaired) electrons. The van der Waals surface area contributed by atoms with E-state index in [0.29, 0.717) is 0 Å². The van der Waals surface area contributed by atoms with Crippen LogP contribution in [0.1, 0.15) is 6.92 Å². The number of rotatable bonds is 3. The number of anilines is 1. The number of hydrogen-bond acceptors (Lipinski definition) is 4. The van der Waals surface area contributed by atoms with E-state index in [2.05, 4.69) is 0 Å². The van der Waals surface area contributed by atoms with E-state index >= 15 is 0 Å². The van der Waals surface area contributed by atoms with Gasteiger partial charge in [-0.1, -0.05) is 6.92 Å². The molecular formula is C13H19F2N3O2S. The molecule has 2 rings (SSSR count). The van der Waals surface area contributed by atoms with Crippen LogP contribution in [0.4, 0.5) is 14.5 Å². The van der Waals surface area contributed by atoms with Crippen molar-refractivity contribution in [2.75, 3.05) is 32.9 Å². The van der Waals surface area contributed by atoms with Crippen LogP contribution in [0.2, 0.25) is 0 Å². The predicted octanol–water partition coefficient (Wildman–Crippen LogP) is 1.12. The largest absolute Gasteiger partial charge is 0.399 e. The van der Waals surface area contributed by atoms with Gasteiger partial charge in [0.25, 0.3) is 0 Å². The molecule has 0 aliphatic carbocycles. The first-order valence-corrected chi connectivity index (χ1v) is 7.99. The van der Waals surface area contributed by atoms with Crippen molar-refractivity contribution in [2.45, 2.75) is 17.9 Å². The second-order valence-electron chi connectivity index (χ2n) is 5.65. The van der Waals surface area contributed by atoms with Crippen molar-refractivity contribution in [2.24, 2.45) is 5.92 Å². The van der Waals surface area contributed by atoms with Gasteiger partial charge in [-0.2, -0.15) is 4.31 Å². The first-order chi connectivity index (χ1) is 9.64. The van der Waals surface area contributed by atoms with Crippen molar-refractivity contribution >= 4 is 15.7 Å². The quantitative estimate of drug-likeness (QED) is 0.848. The average molecular weight is 319 g/mol. The lowest BCUT2D eigenvalue weighted by Crippen LogP contribution is -2.36. The molecule has 2 atom stereocenters. The summed E-state index contributed by atoms with van der Waals surface area (Å²) in [5.41, 5.74) is 5.31. The number of nitrogens with zero attached hydrogens (tertiary/aromatic N) is 2. The Kier molecular flexibility index (Phi) is 4.23. The molecule has 5 nitrogen and oxygen atoms in total. The molecule has 0 bridgehead atoms. The number of nitrogen functional groups attached to an aromatic ring is 1. The minimum Gasteiger partial charge on any atom is -0.399 e. The molecule has 2 unspecified atom stereocenters. The van der Waals surface area contributed by atoms with Crippen molar-refractivity contribution < 1.29 is 17.2 Å². The molecule has 0 saturated carbocycles. The van der Waals surface area contributed by atoms with Crippen LogP contribution in [0.5, 0.6) is 0 Å². The monoisotopic (exact) mass is 319 g/mol. The highest BCUT2D eigenvalue weighted by atomic mass is 32.2. The molecule has 1 aromatic carbocycles. The van der Waals surface area contributed by atoms with E-state index < -0.39 is 26.6 Å². The summed E-state index contributed by atoms with van der Waals surface area (Å²) in [4.78, 5) is 1.22. The van der Waals surface area contributed by atoms with Gasteiger partial charge in [0.1, 0.15) is 4.90 Å². The van der Waals surface area contributed by atoms with Crippen molar-refractivity contribution in [1.82, 2.24) is 9.21 Å². The number of sulfonamides is 1. The van der Waals surface area contributed by atoms with Crippen LogP contribution in [0.3, 0.4) is 0 Å².